The van der Waals surface area contributed by atoms with Crippen LogP contribution in [0.3, 0.4) is 0 Å². The normalized spacial score (nSPS) is 27.6. The van der Waals surface area contributed by atoms with Crippen molar-refractivity contribution in [3.8, 4) is 5.75 Å². The number of rotatable bonds is 7. The number of carbonyl (C=O) groups excluding carboxylic acids is 3. The lowest BCUT2D eigenvalue weighted by Gasteiger charge is -2.55. The SMILES string of the molecule is CC(=O)OCc1cc(C(=O)CNC(C)(C)C)ccc1OC(=O)C12CC3CC(CC(C3)C1)C2.Cl. The second-order valence-corrected chi connectivity index (χ2v) is 11.2. The van der Waals surface area contributed by atoms with Gasteiger partial charge in [-0.2, -0.15) is 0 Å². The molecule has 4 saturated carbocycles. The van der Waals surface area contributed by atoms with Crippen molar-refractivity contribution >= 4 is 30.1 Å². The Hall–Kier alpha value is -1.92. The Kier molecular flexibility index (Phi) is 7.59. The molecular formula is C26H36ClNO5. The molecule has 4 fully saturated rings. The molecule has 1 aromatic rings. The summed E-state index contributed by atoms with van der Waals surface area (Å²) in [4.78, 5) is 37.5. The number of carbonyl (C=O) groups is 3. The molecule has 1 N–H and O–H groups in total. The molecule has 0 aromatic heterocycles. The summed E-state index contributed by atoms with van der Waals surface area (Å²) in [5, 5.41) is 3.19. The topological polar surface area (TPSA) is 81.7 Å². The van der Waals surface area contributed by atoms with E-state index in [1.165, 1.54) is 26.2 Å². The highest BCUT2D eigenvalue weighted by atomic mass is 35.5. The lowest BCUT2D eigenvalue weighted by atomic mass is 9.49. The predicted molar refractivity (Wildman–Crippen MR) is 127 cm³/mol. The number of ether oxygens (including phenoxy) is 2. The van der Waals surface area contributed by atoms with E-state index in [4.69, 9.17) is 9.47 Å². The molecule has 1 aromatic carbocycles. The molecule has 0 heterocycles. The Bertz CT molecular complexity index is 884. The van der Waals surface area contributed by atoms with Crippen LogP contribution < -0.4 is 10.1 Å². The van der Waals surface area contributed by atoms with Gasteiger partial charge in [-0.05, 0) is 95.2 Å². The van der Waals surface area contributed by atoms with Gasteiger partial charge in [-0.1, -0.05) is 0 Å². The Morgan fingerprint density at radius 1 is 1.03 bits per heavy atom. The summed E-state index contributed by atoms with van der Waals surface area (Å²) >= 11 is 0. The summed E-state index contributed by atoms with van der Waals surface area (Å²) in [7, 11) is 0. The van der Waals surface area contributed by atoms with Crippen LogP contribution in [0.4, 0.5) is 0 Å². The summed E-state index contributed by atoms with van der Waals surface area (Å²) < 4.78 is 11.1. The molecule has 6 nitrogen and oxygen atoms in total. The second kappa shape index (κ2) is 9.75. The van der Waals surface area contributed by atoms with E-state index in [0.717, 1.165) is 19.3 Å². The highest BCUT2D eigenvalue weighted by molar-refractivity contribution is 5.98. The maximum atomic E-state index is 13.4. The van der Waals surface area contributed by atoms with Gasteiger partial charge in [0, 0.05) is 23.6 Å². The molecule has 7 heteroatoms. The van der Waals surface area contributed by atoms with Crippen LogP contribution in [0.2, 0.25) is 0 Å². The Labute approximate surface area is 202 Å². The van der Waals surface area contributed by atoms with E-state index in [2.05, 4.69) is 5.32 Å². The molecule has 0 unspecified atom stereocenters. The number of benzene rings is 1. The third kappa shape index (κ3) is 5.96. The zero-order valence-electron chi connectivity index (χ0n) is 20.1. The minimum atomic E-state index is -0.422. The first-order chi connectivity index (χ1) is 15.0. The van der Waals surface area contributed by atoms with Crippen molar-refractivity contribution in [2.45, 2.75) is 78.4 Å². The zero-order valence-corrected chi connectivity index (χ0v) is 20.9. The number of ketones is 1. The van der Waals surface area contributed by atoms with E-state index in [-0.39, 0.29) is 48.3 Å². The maximum Gasteiger partial charge on any atom is 0.317 e. The first-order valence-corrected chi connectivity index (χ1v) is 11.8. The van der Waals surface area contributed by atoms with Gasteiger partial charge in [0.1, 0.15) is 12.4 Å². The predicted octanol–water partition coefficient (Wildman–Crippen LogP) is 4.86. The minimum absolute atomic E-state index is 0. The van der Waals surface area contributed by atoms with Crippen LogP contribution in [0.25, 0.3) is 0 Å². The van der Waals surface area contributed by atoms with Gasteiger partial charge in [-0.15, -0.1) is 12.4 Å². The van der Waals surface area contributed by atoms with Gasteiger partial charge in [0.2, 0.25) is 0 Å². The summed E-state index contributed by atoms with van der Waals surface area (Å²) in [6.07, 6.45) is 6.53. The van der Waals surface area contributed by atoms with Gasteiger partial charge >= 0.3 is 11.9 Å². The van der Waals surface area contributed by atoms with Crippen molar-refractivity contribution in [2.24, 2.45) is 23.2 Å². The molecule has 0 amide bonds. The van der Waals surface area contributed by atoms with Crippen LogP contribution >= 0.6 is 12.4 Å². The lowest BCUT2D eigenvalue weighted by Crippen LogP contribution is -2.51. The molecule has 0 aliphatic heterocycles. The van der Waals surface area contributed by atoms with Gasteiger partial charge in [-0.25, -0.2) is 0 Å². The van der Waals surface area contributed by atoms with Gasteiger partial charge < -0.3 is 14.8 Å². The molecule has 4 aliphatic rings. The van der Waals surface area contributed by atoms with Crippen molar-refractivity contribution in [1.29, 1.82) is 0 Å². The molecular weight excluding hydrogens is 442 g/mol. The first kappa shape index (κ1) is 25.7. The van der Waals surface area contributed by atoms with Crippen LogP contribution in [0.15, 0.2) is 18.2 Å². The average Bonchev–Trinajstić information content (AvgIpc) is 2.69. The molecule has 33 heavy (non-hydrogen) atoms. The third-order valence-corrected chi connectivity index (χ3v) is 7.27. The number of esters is 2. The Morgan fingerprint density at radius 3 is 2.12 bits per heavy atom. The number of halogens is 1. The molecule has 0 atom stereocenters. The van der Waals surface area contributed by atoms with Crippen LogP contribution in [0, 0.1) is 23.2 Å². The smallest absolute Gasteiger partial charge is 0.317 e. The van der Waals surface area contributed by atoms with E-state index in [9.17, 15) is 14.4 Å². The van der Waals surface area contributed by atoms with Crippen molar-refractivity contribution < 1.29 is 23.9 Å². The van der Waals surface area contributed by atoms with E-state index in [1.54, 1.807) is 18.2 Å². The molecule has 0 radical (unpaired) electrons. The lowest BCUT2D eigenvalue weighted by molar-refractivity contribution is -0.161. The van der Waals surface area contributed by atoms with Crippen LogP contribution in [0.1, 0.15) is 82.1 Å². The van der Waals surface area contributed by atoms with Crippen LogP contribution in [0.5, 0.6) is 5.75 Å². The van der Waals surface area contributed by atoms with E-state index in [0.29, 0.717) is 34.6 Å². The van der Waals surface area contributed by atoms with Gasteiger partial charge in [0.25, 0.3) is 0 Å². The largest absolute Gasteiger partial charge is 0.461 e. The first-order valence-electron chi connectivity index (χ1n) is 11.8. The number of hydrogen-bond acceptors (Lipinski definition) is 6. The van der Waals surface area contributed by atoms with Crippen molar-refractivity contribution in [3.63, 3.8) is 0 Å². The van der Waals surface area contributed by atoms with Crippen LogP contribution in [-0.2, 0) is 20.9 Å². The van der Waals surface area contributed by atoms with E-state index in [1.807, 2.05) is 20.8 Å². The van der Waals surface area contributed by atoms with E-state index >= 15 is 0 Å². The molecule has 5 rings (SSSR count). The van der Waals surface area contributed by atoms with Gasteiger partial charge in [-0.3, -0.25) is 14.4 Å². The molecule has 4 aliphatic carbocycles. The van der Waals surface area contributed by atoms with Crippen LogP contribution in [-0.4, -0.2) is 29.8 Å². The quantitative estimate of drug-likeness (QED) is 0.343. The third-order valence-electron chi connectivity index (χ3n) is 7.27. The van der Waals surface area contributed by atoms with Gasteiger partial charge in [0.05, 0.1) is 12.0 Å². The molecule has 0 spiro atoms. The Balaban J connectivity index is 0.00000306. The molecule has 0 saturated heterocycles. The number of hydrogen-bond donors (Lipinski definition) is 1. The minimum Gasteiger partial charge on any atom is -0.461 e. The zero-order chi connectivity index (χ0) is 23.1. The second-order valence-electron chi connectivity index (χ2n) is 11.2. The fraction of sp³-hybridized carbons (Fsp3) is 0.654. The summed E-state index contributed by atoms with van der Waals surface area (Å²) in [5.74, 6) is 1.66. The summed E-state index contributed by atoms with van der Waals surface area (Å²) in [5.41, 5.74) is 0.487. The summed E-state index contributed by atoms with van der Waals surface area (Å²) in [6, 6.07) is 5.03. The van der Waals surface area contributed by atoms with Crippen molar-refractivity contribution in [3.05, 3.63) is 29.3 Å². The highest BCUT2D eigenvalue weighted by Gasteiger charge is 2.55. The fourth-order valence-electron chi connectivity index (χ4n) is 6.16. The van der Waals surface area contributed by atoms with Gasteiger partial charge in [0.15, 0.2) is 5.78 Å². The maximum absolute atomic E-state index is 13.4. The summed E-state index contributed by atoms with van der Waals surface area (Å²) in [6.45, 7) is 7.50. The monoisotopic (exact) mass is 477 g/mol. The number of nitrogens with one attached hydrogen (secondary N) is 1. The van der Waals surface area contributed by atoms with Crippen molar-refractivity contribution in [1.82, 2.24) is 5.32 Å². The molecule has 4 bridgehead atoms. The van der Waals surface area contributed by atoms with E-state index < -0.39 is 5.97 Å². The Morgan fingerprint density at radius 2 is 1.61 bits per heavy atom. The standard InChI is InChI=1S/C26H35NO5.ClH/c1-16(28)31-15-21-10-20(22(29)14-27-25(2,3)4)5-6-23(21)32-24(30)26-11-17-7-18(12-26)9-19(8-17)13-26;/h5-6,10,17-19,27H,7-9,11-15H2,1-4H3;1H. The number of Topliss-reactive ketones (excluding diaryl/α,β-unsaturated/α-hetero) is 1. The fourth-order valence-corrected chi connectivity index (χ4v) is 6.16. The molecule has 182 valence electrons. The van der Waals surface area contributed by atoms with Crippen molar-refractivity contribution in [2.75, 3.05) is 6.54 Å². The highest BCUT2D eigenvalue weighted by Crippen LogP contribution is 2.60. The average molecular weight is 478 g/mol.